The van der Waals surface area contributed by atoms with Crippen molar-refractivity contribution in [3.8, 4) is 11.1 Å². The monoisotopic (exact) mass is 419 g/mol. The molecule has 0 spiro atoms. The molecule has 0 saturated carbocycles. The summed E-state index contributed by atoms with van der Waals surface area (Å²) in [7, 11) is 0. The molecular formula is C26H29NO2S. The van der Waals surface area contributed by atoms with Gasteiger partial charge in [-0.1, -0.05) is 75.1 Å². The Morgan fingerprint density at radius 3 is 2.03 bits per heavy atom. The summed E-state index contributed by atoms with van der Waals surface area (Å²) in [6, 6.07) is 26.7. The molecule has 0 saturated heterocycles. The average Bonchev–Trinajstić information content (AvgIpc) is 2.78. The highest BCUT2D eigenvalue weighted by Crippen LogP contribution is 2.29. The summed E-state index contributed by atoms with van der Waals surface area (Å²) in [5.41, 5.74) is 4.40. The van der Waals surface area contributed by atoms with Crippen LogP contribution in [0.15, 0.2) is 83.8 Å². The minimum atomic E-state index is -0.725. The van der Waals surface area contributed by atoms with E-state index in [9.17, 15) is 9.90 Å². The van der Waals surface area contributed by atoms with E-state index in [4.69, 9.17) is 0 Å². The van der Waals surface area contributed by atoms with Gasteiger partial charge in [-0.3, -0.25) is 4.79 Å². The second-order valence-electron chi connectivity index (χ2n) is 7.39. The standard InChI is InChI=1S/C26H29NO2S/c1-2-3-4-8-11-25(26(28)29)30-24-18-16-23(17-19-24)27-22-14-12-21(13-15-22)20-9-6-5-7-10-20/h5-7,9-10,12-19,25,27H,2-4,8,11H2,1H3,(H,28,29). The van der Waals surface area contributed by atoms with Gasteiger partial charge in [-0.05, 0) is 53.9 Å². The fourth-order valence-electron chi connectivity index (χ4n) is 3.31. The summed E-state index contributed by atoms with van der Waals surface area (Å²) in [4.78, 5) is 12.6. The van der Waals surface area contributed by atoms with Crippen LogP contribution in [0.2, 0.25) is 0 Å². The van der Waals surface area contributed by atoms with Crippen LogP contribution in [-0.4, -0.2) is 16.3 Å². The Morgan fingerprint density at radius 2 is 1.43 bits per heavy atom. The number of nitrogens with one attached hydrogen (secondary N) is 1. The van der Waals surface area contributed by atoms with Gasteiger partial charge in [0.2, 0.25) is 0 Å². The van der Waals surface area contributed by atoms with Crippen LogP contribution in [0.5, 0.6) is 0 Å². The highest BCUT2D eigenvalue weighted by molar-refractivity contribution is 8.00. The van der Waals surface area contributed by atoms with Crippen LogP contribution in [0.4, 0.5) is 11.4 Å². The summed E-state index contributed by atoms with van der Waals surface area (Å²) < 4.78 is 0. The maximum absolute atomic E-state index is 11.6. The van der Waals surface area contributed by atoms with Crippen molar-refractivity contribution in [3.63, 3.8) is 0 Å². The summed E-state index contributed by atoms with van der Waals surface area (Å²) in [5, 5.41) is 12.5. The Hall–Kier alpha value is -2.72. The Bertz CT molecular complexity index is 908. The van der Waals surface area contributed by atoms with E-state index in [-0.39, 0.29) is 5.25 Å². The first-order valence-corrected chi connectivity index (χ1v) is 11.5. The zero-order chi connectivity index (χ0) is 21.2. The molecule has 0 aliphatic rings. The van der Waals surface area contributed by atoms with Gasteiger partial charge in [0.15, 0.2) is 0 Å². The minimum absolute atomic E-state index is 0.383. The number of hydrogen-bond donors (Lipinski definition) is 2. The molecule has 2 N–H and O–H groups in total. The Morgan fingerprint density at radius 1 is 0.833 bits per heavy atom. The molecule has 1 unspecified atom stereocenters. The minimum Gasteiger partial charge on any atom is -0.480 e. The van der Waals surface area contributed by atoms with Gasteiger partial charge >= 0.3 is 5.97 Å². The highest BCUT2D eigenvalue weighted by Gasteiger charge is 2.18. The highest BCUT2D eigenvalue weighted by atomic mass is 32.2. The molecule has 156 valence electrons. The van der Waals surface area contributed by atoms with E-state index in [0.717, 1.165) is 35.5 Å². The van der Waals surface area contributed by atoms with Gasteiger partial charge < -0.3 is 10.4 Å². The van der Waals surface area contributed by atoms with E-state index < -0.39 is 5.97 Å². The van der Waals surface area contributed by atoms with E-state index in [0.29, 0.717) is 6.42 Å². The SMILES string of the molecule is CCCCCCC(Sc1ccc(Nc2ccc(-c3ccccc3)cc2)cc1)C(=O)O. The van der Waals surface area contributed by atoms with Crippen LogP contribution < -0.4 is 5.32 Å². The lowest BCUT2D eigenvalue weighted by molar-refractivity contribution is -0.136. The van der Waals surface area contributed by atoms with Gasteiger partial charge in [-0.15, -0.1) is 11.8 Å². The third kappa shape index (κ3) is 6.67. The number of benzene rings is 3. The molecule has 4 heteroatoms. The van der Waals surface area contributed by atoms with Crippen LogP contribution in [-0.2, 0) is 4.79 Å². The number of hydrogen-bond acceptors (Lipinski definition) is 3. The van der Waals surface area contributed by atoms with Crippen molar-refractivity contribution in [2.45, 2.75) is 49.2 Å². The molecule has 0 aliphatic carbocycles. The van der Waals surface area contributed by atoms with Gasteiger partial charge in [-0.25, -0.2) is 0 Å². The summed E-state index contributed by atoms with van der Waals surface area (Å²) >= 11 is 1.44. The maximum atomic E-state index is 11.6. The van der Waals surface area contributed by atoms with Crippen molar-refractivity contribution in [3.05, 3.63) is 78.9 Å². The van der Waals surface area contributed by atoms with Gasteiger partial charge in [0.05, 0.1) is 0 Å². The second-order valence-corrected chi connectivity index (χ2v) is 8.66. The van der Waals surface area contributed by atoms with Crippen molar-refractivity contribution < 1.29 is 9.90 Å². The van der Waals surface area contributed by atoms with Gasteiger partial charge in [0, 0.05) is 16.3 Å². The lowest BCUT2D eigenvalue weighted by Crippen LogP contribution is -2.16. The number of anilines is 2. The zero-order valence-corrected chi connectivity index (χ0v) is 18.2. The molecule has 1 atom stereocenters. The van der Waals surface area contributed by atoms with E-state index in [1.165, 1.54) is 29.3 Å². The molecule has 0 aliphatic heterocycles. The fraction of sp³-hybridized carbons (Fsp3) is 0.269. The first-order chi connectivity index (χ1) is 14.7. The third-order valence-corrected chi connectivity index (χ3v) is 6.27. The van der Waals surface area contributed by atoms with Crippen LogP contribution in [0, 0.1) is 0 Å². The number of thioether (sulfide) groups is 1. The van der Waals surface area contributed by atoms with Crippen molar-refractivity contribution >= 4 is 29.1 Å². The first kappa shape index (κ1) is 22.0. The van der Waals surface area contributed by atoms with Gasteiger partial charge in [0.1, 0.15) is 5.25 Å². The van der Waals surface area contributed by atoms with Crippen molar-refractivity contribution in [2.24, 2.45) is 0 Å². The topological polar surface area (TPSA) is 49.3 Å². The van der Waals surface area contributed by atoms with Crippen LogP contribution in [0.3, 0.4) is 0 Å². The molecule has 3 aromatic carbocycles. The second kappa shape index (κ2) is 11.5. The molecule has 0 fully saturated rings. The largest absolute Gasteiger partial charge is 0.480 e. The zero-order valence-electron chi connectivity index (χ0n) is 17.4. The van der Waals surface area contributed by atoms with E-state index in [1.807, 2.05) is 42.5 Å². The Labute approximate surface area is 183 Å². The number of rotatable bonds is 11. The summed E-state index contributed by atoms with van der Waals surface area (Å²) in [6.07, 6.45) is 5.12. The quantitative estimate of drug-likeness (QED) is 0.248. The molecule has 0 aromatic heterocycles. The fourth-order valence-corrected chi connectivity index (χ4v) is 4.32. The molecule has 0 heterocycles. The van der Waals surface area contributed by atoms with Crippen LogP contribution in [0.1, 0.15) is 39.0 Å². The lowest BCUT2D eigenvalue weighted by atomic mass is 10.1. The van der Waals surface area contributed by atoms with E-state index in [1.54, 1.807) is 0 Å². The third-order valence-electron chi connectivity index (χ3n) is 5.01. The van der Waals surface area contributed by atoms with E-state index in [2.05, 4.69) is 48.6 Å². The number of carboxylic acid groups (broad SMARTS) is 1. The number of unbranched alkanes of at least 4 members (excludes halogenated alkanes) is 3. The smallest absolute Gasteiger partial charge is 0.316 e. The van der Waals surface area contributed by atoms with Crippen LogP contribution in [0.25, 0.3) is 11.1 Å². The molecule has 0 bridgehead atoms. The lowest BCUT2D eigenvalue weighted by Gasteiger charge is -2.13. The van der Waals surface area contributed by atoms with Gasteiger partial charge in [0.25, 0.3) is 0 Å². The number of aliphatic carboxylic acids is 1. The predicted octanol–water partition coefficient (Wildman–Crippen LogP) is 7.61. The van der Waals surface area contributed by atoms with Crippen LogP contribution >= 0.6 is 11.8 Å². The molecule has 3 aromatic rings. The van der Waals surface area contributed by atoms with Crippen molar-refractivity contribution in [1.29, 1.82) is 0 Å². The molecule has 30 heavy (non-hydrogen) atoms. The van der Waals surface area contributed by atoms with Crippen molar-refractivity contribution in [2.75, 3.05) is 5.32 Å². The predicted molar refractivity (Wildman–Crippen MR) is 128 cm³/mol. The van der Waals surface area contributed by atoms with E-state index >= 15 is 0 Å². The maximum Gasteiger partial charge on any atom is 0.316 e. The molecule has 0 amide bonds. The Balaban J connectivity index is 1.56. The Kier molecular flexibility index (Phi) is 8.40. The normalized spacial score (nSPS) is 11.8. The number of carbonyl (C=O) groups is 1. The average molecular weight is 420 g/mol. The first-order valence-electron chi connectivity index (χ1n) is 10.6. The van der Waals surface area contributed by atoms with Gasteiger partial charge in [-0.2, -0.15) is 0 Å². The molecule has 0 radical (unpaired) electrons. The summed E-state index contributed by atoms with van der Waals surface area (Å²) in [6.45, 7) is 2.16. The molecule has 3 rings (SSSR count). The molecular weight excluding hydrogens is 390 g/mol. The number of carboxylic acids is 1. The molecule has 3 nitrogen and oxygen atoms in total. The van der Waals surface area contributed by atoms with Crippen molar-refractivity contribution in [1.82, 2.24) is 0 Å². The summed E-state index contributed by atoms with van der Waals surface area (Å²) in [5.74, 6) is -0.725.